The molecule has 2 rings (SSSR count). The molecule has 1 aromatic rings. The number of rotatable bonds is 4. The van der Waals surface area contributed by atoms with Crippen LogP contribution in [-0.4, -0.2) is 43.2 Å². The number of nitrogens with zero attached hydrogens (tertiary/aromatic N) is 2. The predicted octanol–water partition coefficient (Wildman–Crippen LogP) is 1.19. The molecule has 1 aliphatic heterocycles. The Morgan fingerprint density at radius 3 is 2.80 bits per heavy atom. The number of hydrogen-bond donors (Lipinski definition) is 1. The lowest BCUT2D eigenvalue weighted by molar-refractivity contribution is 0.386. The topological polar surface area (TPSA) is 66.6 Å². The molecule has 0 spiro atoms. The van der Waals surface area contributed by atoms with Crippen molar-refractivity contribution in [3.63, 3.8) is 0 Å². The van der Waals surface area contributed by atoms with Crippen LogP contribution in [0.3, 0.4) is 0 Å². The van der Waals surface area contributed by atoms with Gasteiger partial charge in [0.15, 0.2) is 0 Å². The lowest BCUT2D eigenvalue weighted by Crippen LogP contribution is -2.41. The van der Waals surface area contributed by atoms with E-state index in [1.807, 2.05) is 0 Å². The molecule has 8 heteroatoms. The van der Waals surface area contributed by atoms with Crippen LogP contribution < -0.4 is 5.73 Å². The summed E-state index contributed by atoms with van der Waals surface area (Å²) in [5.74, 6) is -0.516. The summed E-state index contributed by atoms with van der Waals surface area (Å²) in [5, 5.41) is 0.213. The van der Waals surface area contributed by atoms with E-state index in [2.05, 4.69) is 0 Å². The summed E-state index contributed by atoms with van der Waals surface area (Å²) in [7, 11) is -2.24. The van der Waals surface area contributed by atoms with Crippen LogP contribution in [0.4, 0.5) is 4.39 Å². The van der Waals surface area contributed by atoms with Gasteiger partial charge in [0.1, 0.15) is 5.82 Å². The number of halogens is 2. The van der Waals surface area contributed by atoms with Crippen LogP contribution in [0.15, 0.2) is 18.2 Å². The first kappa shape index (κ1) is 15.7. The van der Waals surface area contributed by atoms with E-state index in [1.54, 1.807) is 0 Å². The predicted molar refractivity (Wildman–Crippen MR) is 76.0 cm³/mol. The molecule has 0 aliphatic carbocycles. The van der Waals surface area contributed by atoms with E-state index in [0.717, 1.165) is 4.31 Å². The molecule has 0 saturated carbocycles. The molecule has 1 heterocycles. The zero-order valence-corrected chi connectivity index (χ0v) is 12.7. The standard InChI is InChI=1S/C12H17ClFN3O2S/c1-16(8-10-11(13)3-2-4-12(10)14)20(18,19)17-6-5-9(15)7-17/h2-4,9H,5-8,15H2,1H3. The quantitative estimate of drug-likeness (QED) is 0.906. The van der Waals surface area contributed by atoms with Crippen LogP contribution in [-0.2, 0) is 16.8 Å². The summed E-state index contributed by atoms with van der Waals surface area (Å²) in [6, 6.07) is 4.13. The molecule has 1 unspecified atom stereocenters. The van der Waals surface area contributed by atoms with Crippen LogP contribution in [0.5, 0.6) is 0 Å². The highest BCUT2D eigenvalue weighted by Crippen LogP contribution is 2.23. The number of nitrogens with two attached hydrogens (primary N) is 1. The fourth-order valence-electron chi connectivity index (χ4n) is 2.15. The fourth-order valence-corrected chi connectivity index (χ4v) is 3.77. The minimum Gasteiger partial charge on any atom is -0.326 e. The summed E-state index contributed by atoms with van der Waals surface area (Å²) >= 11 is 5.91. The molecule has 1 aromatic carbocycles. The molecule has 20 heavy (non-hydrogen) atoms. The van der Waals surface area contributed by atoms with E-state index >= 15 is 0 Å². The van der Waals surface area contributed by atoms with E-state index in [-0.39, 0.29) is 29.7 Å². The molecule has 0 bridgehead atoms. The molecule has 1 aliphatic rings. The molecule has 1 fully saturated rings. The first-order chi connectivity index (χ1) is 9.32. The van der Waals surface area contributed by atoms with Crippen molar-refractivity contribution >= 4 is 21.8 Å². The maximum Gasteiger partial charge on any atom is 0.282 e. The number of benzene rings is 1. The van der Waals surface area contributed by atoms with Gasteiger partial charge >= 0.3 is 0 Å². The van der Waals surface area contributed by atoms with Gasteiger partial charge in [0.2, 0.25) is 0 Å². The highest BCUT2D eigenvalue weighted by Gasteiger charge is 2.33. The van der Waals surface area contributed by atoms with Gasteiger partial charge in [-0.2, -0.15) is 17.0 Å². The second-order valence-electron chi connectivity index (χ2n) is 4.87. The van der Waals surface area contributed by atoms with Gasteiger partial charge in [-0.3, -0.25) is 0 Å². The van der Waals surface area contributed by atoms with E-state index in [9.17, 15) is 12.8 Å². The molecule has 1 atom stereocenters. The van der Waals surface area contributed by atoms with Crippen molar-refractivity contribution in [2.75, 3.05) is 20.1 Å². The molecule has 0 amide bonds. The second kappa shape index (κ2) is 5.95. The average molecular weight is 322 g/mol. The minimum atomic E-state index is -3.64. The summed E-state index contributed by atoms with van der Waals surface area (Å²) in [4.78, 5) is 0. The third kappa shape index (κ3) is 3.12. The van der Waals surface area contributed by atoms with Crippen molar-refractivity contribution in [2.24, 2.45) is 5.73 Å². The molecule has 0 aromatic heterocycles. The van der Waals surface area contributed by atoms with Crippen LogP contribution in [0.2, 0.25) is 5.02 Å². The van der Waals surface area contributed by atoms with Crippen LogP contribution in [0.1, 0.15) is 12.0 Å². The molecular weight excluding hydrogens is 305 g/mol. The van der Waals surface area contributed by atoms with Crippen LogP contribution in [0.25, 0.3) is 0 Å². The molecule has 5 nitrogen and oxygen atoms in total. The van der Waals surface area contributed by atoms with Gasteiger partial charge in [0.25, 0.3) is 10.2 Å². The summed E-state index contributed by atoms with van der Waals surface area (Å²) in [6.45, 7) is 0.566. The monoisotopic (exact) mass is 321 g/mol. The lowest BCUT2D eigenvalue weighted by Gasteiger charge is -2.24. The first-order valence-electron chi connectivity index (χ1n) is 6.22. The second-order valence-corrected chi connectivity index (χ2v) is 7.31. The highest BCUT2D eigenvalue weighted by molar-refractivity contribution is 7.86. The zero-order chi connectivity index (χ0) is 14.9. The Hall–Kier alpha value is -0.730. The van der Waals surface area contributed by atoms with Gasteiger partial charge in [0.05, 0.1) is 0 Å². The third-order valence-electron chi connectivity index (χ3n) is 3.35. The smallest absolute Gasteiger partial charge is 0.282 e. The van der Waals surface area contributed by atoms with Crippen molar-refractivity contribution in [3.8, 4) is 0 Å². The van der Waals surface area contributed by atoms with Gasteiger partial charge in [-0.1, -0.05) is 17.7 Å². The van der Waals surface area contributed by atoms with Crippen molar-refractivity contribution in [3.05, 3.63) is 34.6 Å². The van der Waals surface area contributed by atoms with E-state index in [4.69, 9.17) is 17.3 Å². The van der Waals surface area contributed by atoms with Crippen molar-refractivity contribution in [1.29, 1.82) is 0 Å². The molecule has 2 N–H and O–H groups in total. The van der Waals surface area contributed by atoms with Gasteiger partial charge in [-0.25, -0.2) is 4.39 Å². The maximum absolute atomic E-state index is 13.7. The SMILES string of the molecule is CN(Cc1c(F)cccc1Cl)S(=O)(=O)N1CCC(N)C1. The van der Waals surface area contributed by atoms with Gasteiger partial charge < -0.3 is 5.73 Å². The summed E-state index contributed by atoms with van der Waals surface area (Å²) < 4.78 is 40.8. The van der Waals surface area contributed by atoms with Crippen LogP contribution in [0, 0.1) is 5.82 Å². The maximum atomic E-state index is 13.7. The lowest BCUT2D eigenvalue weighted by atomic mass is 10.2. The van der Waals surface area contributed by atoms with E-state index in [1.165, 1.54) is 29.6 Å². The largest absolute Gasteiger partial charge is 0.326 e. The fraction of sp³-hybridized carbons (Fsp3) is 0.500. The summed E-state index contributed by atoms with van der Waals surface area (Å²) in [6.07, 6.45) is 0.632. The van der Waals surface area contributed by atoms with Gasteiger partial charge in [0, 0.05) is 43.3 Å². The Balaban J connectivity index is 2.17. The average Bonchev–Trinajstić information content (AvgIpc) is 2.81. The van der Waals surface area contributed by atoms with E-state index in [0.29, 0.717) is 13.0 Å². The first-order valence-corrected chi connectivity index (χ1v) is 7.99. The molecule has 0 radical (unpaired) electrons. The summed E-state index contributed by atoms with van der Waals surface area (Å²) in [5.41, 5.74) is 5.89. The van der Waals surface area contributed by atoms with Gasteiger partial charge in [-0.05, 0) is 18.6 Å². The Morgan fingerprint density at radius 1 is 1.55 bits per heavy atom. The Kier molecular flexibility index (Phi) is 4.66. The van der Waals surface area contributed by atoms with Crippen molar-refractivity contribution in [1.82, 2.24) is 8.61 Å². The minimum absolute atomic E-state index is 0.112. The Labute approximate surface area is 123 Å². The van der Waals surface area contributed by atoms with Crippen molar-refractivity contribution in [2.45, 2.75) is 19.0 Å². The highest BCUT2D eigenvalue weighted by atomic mass is 35.5. The normalized spacial score (nSPS) is 20.8. The molecule has 1 saturated heterocycles. The Bertz CT molecular complexity index is 576. The van der Waals surface area contributed by atoms with E-state index < -0.39 is 16.0 Å². The Morgan fingerprint density at radius 2 is 2.25 bits per heavy atom. The molecular formula is C12H17ClFN3O2S. The number of hydrogen-bond acceptors (Lipinski definition) is 3. The van der Waals surface area contributed by atoms with Crippen molar-refractivity contribution < 1.29 is 12.8 Å². The van der Waals surface area contributed by atoms with Gasteiger partial charge in [-0.15, -0.1) is 0 Å². The zero-order valence-electron chi connectivity index (χ0n) is 11.1. The molecule has 112 valence electrons. The third-order valence-corrected chi connectivity index (χ3v) is 5.61. The van der Waals surface area contributed by atoms with Crippen LogP contribution >= 0.6 is 11.6 Å².